The summed E-state index contributed by atoms with van der Waals surface area (Å²) in [5.74, 6) is -0.871. The van der Waals surface area contributed by atoms with Gasteiger partial charge in [0, 0.05) is 19.3 Å². The van der Waals surface area contributed by atoms with Gasteiger partial charge in [0.25, 0.3) is 0 Å². The van der Waals surface area contributed by atoms with Gasteiger partial charge >= 0.3 is 17.9 Å². The number of esters is 3. The summed E-state index contributed by atoms with van der Waals surface area (Å²) in [5, 5.41) is 0. The molecule has 0 amide bonds. The average molecular weight is 916 g/mol. The molecule has 0 aromatic rings. The van der Waals surface area contributed by atoms with Gasteiger partial charge in [-0.15, -0.1) is 0 Å². The molecule has 382 valence electrons. The number of carbonyl (C=O) groups excluding carboxylic acids is 3. The van der Waals surface area contributed by atoms with E-state index in [1.165, 1.54) is 205 Å². The Morgan fingerprint density at radius 3 is 0.877 bits per heavy atom. The molecule has 1 unspecified atom stereocenters. The molecule has 0 aliphatic heterocycles. The van der Waals surface area contributed by atoms with Crippen LogP contribution in [-0.4, -0.2) is 37.2 Å². The number of rotatable bonds is 53. The lowest BCUT2D eigenvalue weighted by atomic mass is 10.0. The summed E-state index contributed by atoms with van der Waals surface area (Å²) < 4.78 is 16.8. The molecule has 65 heavy (non-hydrogen) atoms. The fourth-order valence-electron chi connectivity index (χ4n) is 8.59. The van der Waals surface area contributed by atoms with Crippen LogP contribution in [0, 0.1) is 0 Å². The molecule has 0 radical (unpaired) electrons. The van der Waals surface area contributed by atoms with Crippen molar-refractivity contribution >= 4 is 17.9 Å². The van der Waals surface area contributed by atoms with Crippen molar-refractivity contribution in [2.75, 3.05) is 13.2 Å². The average Bonchev–Trinajstić information content (AvgIpc) is 3.30. The Bertz CT molecular complexity index is 1050. The van der Waals surface area contributed by atoms with Crippen LogP contribution in [-0.2, 0) is 28.6 Å². The summed E-state index contributed by atoms with van der Waals surface area (Å²) in [6.45, 7) is 6.59. The topological polar surface area (TPSA) is 78.9 Å². The summed E-state index contributed by atoms with van der Waals surface area (Å²) in [5.41, 5.74) is 0. The molecule has 6 heteroatoms. The van der Waals surface area contributed by atoms with E-state index in [1.807, 2.05) is 0 Å². The predicted molar refractivity (Wildman–Crippen MR) is 279 cm³/mol. The second-order valence-corrected chi connectivity index (χ2v) is 19.6. The Labute approximate surface area is 404 Å². The molecule has 0 aliphatic rings. The minimum Gasteiger partial charge on any atom is -0.462 e. The predicted octanol–water partition coefficient (Wildman–Crippen LogP) is 19.1. The third-order valence-electron chi connectivity index (χ3n) is 13.0. The smallest absolute Gasteiger partial charge is 0.306 e. The van der Waals surface area contributed by atoms with Gasteiger partial charge in [0.05, 0.1) is 0 Å². The maximum Gasteiger partial charge on any atom is 0.306 e. The lowest BCUT2D eigenvalue weighted by Crippen LogP contribution is -2.30. The summed E-state index contributed by atoms with van der Waals surface area (Å²) in [4.78, 5) is 37.8. The van der Waals surface area contributed by atoms with E-state index in [0.29, 0.717) is 19.3 Å². The van der Waals surface area contributed by atoms with E-state index in [9.17, 15) is 14.4 Å². The molecular formula is C59H110O6. The van der Waals surface area contributed by atoms with Crippen LogP contribution in [0.5, 0.6) is 0 Å². The van der Waals surface area contributed by atoms with Gasteiger partial charge in [-0.05, 0) is 51.4 Å². The van der Waals surface area contributed by atoms with E-state index in [2.05, 4.69) is 45.1 Å². The minimum atomic E-state index is -0.768. The third-order valence-corrected chi connectivity index (χ3v) is 13.0. The monoisotopic (exact) mass is 915 g/mol. The zero-order valence-corrected chi connectivity index (χ0v) is 43.8. The van der Waals surface area contributed by atoms with E-state index in [4.69, 9.17) is 14.2 Å². The molecule has 0 N–H and O–H groups in total. The molecule has 0 aromatic heterocycles. The maximum absolute atomic E-state index is 12.8. The first-order valence-electron chi connectivity index (χ1n) is 28.8. The Morgan fingerprint density at radius 2 is 0.554 bits per heavy atom. The number of hydrogen-bond donors (Lipinski definition) is 0. The van der Waals surface area contributed by atoms with Crippen LogP contribution < -0.4 is 0 Å². The highest BCUT2D eigenvalue weighted by atomic mass is 16.6. The Kier molecular flexibility index (Phi) is 52.7. The Hall–Kier alpha value is -2.11. The molecule has 6 nitrogen and oxygen atoms in total. The van der Waals surface area contributed by atoms with Crippen molar-refractivity contribution < 1.29 is 28.6 Å². The molecule has 0 bridgehead atoms. The van der Waals surface area contributed by atoms with Gasteiger partial charge in [-0.1, -0.05) is 270 Å². The zero-order valence-electron chi connectivity index (χ0n) is 43.8. The first kappa shape index (κ1) is 62.9. The summed E-state index contributed by atoms with van der Waals surface area (Å²) >= 11 is 0. The Balaban J connectivity index is 4.07. The van der Waals surface area contributed by atoms with E-state index >= 15 is 0 Å². The van der Waals surface area contributed by atoms with Crippen molar-refractivity contribution in [1.82, 2.24) is 0 Å². The summed E-state index contributed by atoms with van der Waals surface area (Å²) in [6, 6.07) is 0. The number of hydrogen-bond acceptors (Lipinski definition) is 6. The van der Waals surface area contributed by atoms with Crippen LogP contribution in [0.15, 0.2) is 24.3 Å². The SMILES string of the molecule is CCCCC/C=C\C/C=C\CCCCCCCCCC(=O)OC(COC(=O)CCCCCCCC)COC(=O)CCCCCCCCCCCCCCCCCCCCCCCCCC. The number of unbranched alkanes of at least 4 members (excludes halogenated alkanes) is 38. The van der Waals surface area contributed by atoms with Crippen molar-refractivity contribution in [3.05, 3.63) is 24.3 Å². The number of allylic oxidation sites excluding steroid dienone is 4. The lowest BCUT2D eigenvalue weighted by molar-refractivity contribution is -0.167. The van der Waals surface area contributed by atoms with E-state index < -0.39 is 6.10 Å². The second-order valence-electron chi connectivity index (χ2n) is 19.6. The first-order chi connectivity index (χ1) is 32.0. The van der Waals surface area contributed by atoms with E-state index in [1.54, 1.807) is 0 Å². The molecule has 0 saturated heterocycles. The number of carbonyl (C=O) groups is 3. The molecule has 0 aromatic carbocycles. The van der Waals surface area contributed by atoms with Gasteiger partial charge in [-0.3, -0.25) is 14.4 Å². The normalized spacial score (nSPS) is 12.1. The highest BCUT2D eigenvalue weighted by molar-refractivity contribution is 5.71. The van der Waals surface area contributed by atoms with Crippen molar-refractivity contribution in [2.45, 2.75) is 322 Å². The quantitative estimate of drug-likeness (QED) is 0.0262. The molecule has 1 atom stereocenters. The molecule has 0 spiro atoms. The fraction of sp³-hybridized carbons (Fsp3) is 0.881. The largest absolute Gasteiger partial charge is 0.462 e. The van der Waals surface area contributed by atoms with Gasteiger partial charge in [0.2, 0.25) is 0 Å². The van der Waals surface area contributed by atoms with Crippen molar-refractivity contribution in [2.24, 2.45) is 0 Å². The van der Waals surface area contributed by atoms with Crippen LogP contribution in [0.3, 0.4) is 0 Å². The minimum absolute atomic E-state index is 0.0702. The zero-order chi connectivity index (χ0) is 47.2. The summed E-state index contributed by atoms with van der Waals surface area (Å²) in [7, 11) is 0. The van der Waals surface area contributed by atoms with Crippen molar-refractivity contribution in [3.63, 3.8) is 0 Å². The second kappa shape index (κ2) is 54.5. The molecule has 0 aliphatic carbocycles. The van der Waals surface area contributed by atoms with E-state index in [-0.39, 0.29) is 31.1 Å². The molecular weight excluding hydrogens is 805 g/mol. The number of ether oxygens (including phenoxy) is 3. The molecule has 0 saturated carbocycles. The first-order valence-corrected chi connectivity index (χ1v) is 28.8. The Morgan fingerprint density at radius 1 is 0.308 bits per heavy atom. The molecule has 0 rings (SSSR count). The highest BCUT2D eigenvalue weighted by Gasteiger charge is 2.19. The van der Waals surface area contributed by atoms with E-state index in [0.717, 1.165) is 70.6 Å². The molecule has 0 heterocycles. The van der Waals surface area contributed by atoms with Crippen LogP contribution in [0.2, 0.25) is 0 Å². The maximum atomic E-state index is 12.8. The fourth-order valence-corrected chi connectivity index (χ4v) is 8.59. The van der Waals surface area contributed by atoms with Crippen LogP contribution in [0.4, 0.5) is 0 Å². The highest BCUT2D eigenvalue weighted by Crippen LogP contribution is 2.17. The van der Waals surface area contributed by atoms with Gasteiger partial charge < -0.3 is 14.2 Å². The lowest BCUT2D eigenvalue weighted by Gasteiger charge is -2.18. The summed E-state index contributed by atoms with van der Waals surface area (Å²) in [6.07, 6.45) is 63.5. The third kappa shape index (κ3) is 52.7. The van der Waals surface area contributed by atoms with Crippen LogP contribution in [0.1, 0.15) is 316 Å². The van der Waals surface area contributed by atoms with Crippen molar-refractivity contribution in [1.29, 1.82) is 0 Å². The van der Waals surface area contributed by atoms with Crippen molar-refractivity contribution in [3.8, 4) is 0 Å². The molecule has 0 fully saturated rings. The van der Waals surface area contributed by atoms with Crippen LogP contribution in [0.25, 0.3) is 0 Å². The van der Waals surface area contributed by atoms with Gasteiger partial charge in [-0.25, -0.2) is 0 Å². The van der Waals surface area contributed by atoms with Gasteiger partial charge in [0.1, 0.15) is 13.2 Å². The van der Waals surface area contributed by atoms with Crippen LogP contribution >= 0.6 is 0 Å². The van der Waals surface area contributed by atoms with Gasteiger partial charge in [-0.2, -0.15) is 0 Å². The standard InChI is InChI=1S/C59H110O6/c1-4-7-10-13-16-18-20-22-24-26-27-28-29-30-31-32-34-35-37-39-41-43-46-49-52-58(61)64-55-56(54-63-57(60)51-48-45-15-12-9-6-3)65-59(62)53-50-47-44-42-40-38-36-33-25-23-21-19-17-14-11-8-5-2/h17,19,23,25,56H,4-16,18,20-22,24,26-55H2,1-3H3/b19-17-,25-23-. The van der Waals surface area contributed by atoms with Gasteiger partial charge in [0.15, 0.2) is 6.10 Å².